The lowest BCUT2D eigenvalue weighted by atomic mass is 9.66. The van der Waals surface area contributed by atoms with Gasteiger partial charge in [0.25, 0.3) is 0 Å². The highest BCUT2D eigenvalue weighted by atomic mass is 32.2. The SMILES string of the molecule is CSc1ccc(C=C2CC(C#N)(c3ccccc3)CC(=Cc3ccc(SC)cc3)C2=O)cc1. The van der Waals surface area contributed by atoms with Crippen molar-refractivity contribution >= 4 is 41.5 Å². The van der Waals surface area contributed by atoms with Crippen LogP contribution in [0.4, 0.5) is 0 Å². The number of thioether (sulfide) groups is 2. The smallest absolute Gasteiger partial charge is 0.185 e. The van der Waals surface area contributed by atoms with Crippen molar-refractivity contribution in [2.45, 2.75) is 28.0 Å². The molecule has 0 radical (unpaired) electrons. The van der Waals surface area contributed by atoms with Crippen molar-refractivity contribution in [3.63, 3.8) is 0 Å². The Morgan fingerprint density at radius 1 is 0.758 bits per heavy atom. The van der Waals surface area contributed by atoms with Crippen molar-refractivity contribution in [2.75, 3.05) is 12.5 Å². The van der Waals surface area contributed by atoms with Gasteiger partial charge in [0.1, 0.15) is 0 Å². The van der Waals surface area contributed by atoms with Gasteiger partial charge in [-0.2, -0.15) is 5.26 Å². The minimum Gasteiger partial charge on any atom is -0.289 e. The Hall–Kier alpha value is -3.00. The Morgan fingerprint density at radius 2 is 1.21 bits per heavy atom. The minimum absolute atomic E-state index is 0.0275. The van der Waals surface area contributed by atoms with Crippen molar-refractivity contribution in [2.24, 2.45) is 0 Å². The van der Waals surface area contributed by atoms with E-state index >= 15 is 0 Å². The molecule has 0 aromatic heterocycles. The van der Waals surface area contributed by atoms with Crippen LogP contribution in [0.5, 0.6) is 0 Å². The van der Waals surface area contributed by atoms with Gasteiger partial charge in [-0.25, -0.2) is 0 Å². The number of rotatable bonds is 5. The molecule has 1 aliphatic carbocycles. The van der Waals surface area contributed by atoms with Crippen LogP contribution in [0.1, 0.15) is 29.5 Å². The van der Waals surface area contributed by atoms with Gasteiger partial charge < -0.3 is 0 Å². The molecule has 1 saturated carbocycles. The zero-order chi connectivity index (χ0) is 23.3. The highest BCUT2D eigenvalue weighted by molar-refractivity contribution is 7.98. The van der Waals surface area contributed by atoms with E-state index < -0.39 is 5.41 Å². The number of Topliss-reactive ketones (excluding diaryl/α,β-unsaturated/α-hetero) is 1. The maximum absolute atomic E-state index is 13.6. The Morgan fingerprint density at radius 3 is 1.61 bits per heavy atom. The molecule has 0 unspecified atom stereocenters. The fraction of sp³-hybridized carbons (Fsp3) is 0.172. The van der Waals surface area contributed by atoms with Gasteiger partial charge in [0, 0.05) is 20.9 Å². The first-order chi connectivity index (χ1) is 16.1. The summed E-state index contributed by atoms with van der Waals surface area (Å²) in [6.45, 7) is 0. The van der Waals surface area contributed by atoms with Crippen LogP contribution < -0.4 is 0 Å². The fourth-order valence-electron chi connectivity index (χ4n) is 4.22. The molecule has 4 rings (SSSR count). The third-order valence-electron chi connectivity index (χ3n) is 6.02. The number of nitriles is 1. The summed E-state index contributed by atoms with van der Waals surface area (Å²) in [7, 11) is 0. The van der Waals surface area contributed by atoms with Crippen molar-refractivity contribution in [3.8, 4) is 6.07 Å². The maximum atomic E-state index is 13.6. The van der Waals surface area contributed by atoms with Crippen molar-refractivity contribution in [1.29, 1.82) is 5.26 Å². The molecular weight excluding hydrogens is 442 g/mol. The molecule has 0 heterocycles. The Kier molecular flexibility index (Phi) is 7.23. The summed E-state index contributed by atoms with van der Waals surface area (Å²) in [5.41, 5.74) is 3.48. The van der Waals surface area contributed by atoms with Gasteiger partial charge in [-0.1, -0.05) is 54.6 Å². The summed E-state index contributed by atoms with van der Waals surface area (Å²) < 4.78 is 0. The van der Waals surface area contributed by atoms with E-state index in [9.17, 15) is 10.1 Å². The van der Waals surface area contributed by atoms with Gasteiger partial charge in [0.15, 0.2) is 5.78 Å². The van der Waals surface area contributed by atoms with Crippen molar-refractivity contribution < 1.29 is 4.79 Å². The van der Waals surface area contributed by atoms with Crippen LogP contribution in [0.15, 0.2) is 99.8 Å². The van der Waals surface area contributed by atoms with Crippen LogP contribution in [0.3, 0.4) is 0 Å². The molecule has 4 heteroatoms. The van der Waals surface area contributed by atoms with Crippen LogP contribution in [0.25, 0.3) is 12.2 Å². The van der Waals surface area contributed by atoms with E-state index in [2.05, 4.69) is 30.3 Å². The third kappa shape index (κ3) is 5.16. The summed E-state index contributed by atoms with van der Waals surface area (Å²) in [5, 5.41) is 10.4. The van der Waals surface area contributed by atoms with Crippen LogP contribution >= 0.6 is 23.5 Å². The third-order valence-corrected chi connectivity index (χ3v) is 7.51. The molecule has 1 fully saturated rings. The highest BCUT2D eigenvalue weighted by Crippen LogP contribution is 2.43. The molecule has 2 nitrogen and oxygen atoms in total. The number of hydrogen-bond acceptors (Lipinski definition) is 4. The minimum atomic E-state index is -0.773. The lowest BCUT2D eigenvalue weighted by Crippen LogP contribution is -2.33. The van der Waals surface area contributed by atoms with E-state index in [1.807, 2.05) is 79.3 Å². The van der Waals surface area contributed by atoms with Gasteiger partial charge in [0.2, 0.25) is 0 Å². The Labute approximate surface area is 204 Å². The molecule has 1 aliphatic rings. The molecule has 33 heavy (non-hydrogen) atoms. The zero-order valence-electron chi connectivity index (χ0n) is 18.7. The van der Waals surface area contributed by atoms with E-state index in [1.54, 1.807) is 23.5 Å². The molecule has 0 bridgehead atoms. The summed E-state index contributed by atoms with van der Waals surface area (Å²) in [6.07, 6.45) is 8.79. The number of carbonyl (C=O) groups is 1. The number of allylic oxidation sites excluding steroid dienone is 2. The van der Waals surface area contributed by atoms with Crippen LogP contribution in [-0.2, 0) is 10.2 Å². The van der Waals surface area contributed by atoms with Gasteiger partial charge in [-0.05, 0) is 78.5 Å². The van der Waals surface area contributed by atoms with Gasteiger partial charge in [-0.15, -0.1) is 23.5 Å². The highest BCUT2D eigenvalue weighted by Gasteiger charge is 2.41. The maximum Gasteiger partial charge on any atom is 0.185 e. The predicted molar refractivity (Wildman–Crippen MR) is 140 cm³/mol. The number of benzene rings is 3. The van der Waals surface area contributed by atoms with Gasteiger partial charge in [-0.3, -0.25) is 4.79 Å². The molecule has 0 saturated heterocycles. The second-order valence-electron chi connectivity index (χ2n) is 8.13. The number of ketones is 1. The fourth-order valence-corrected chi connectivity index (χ4v) is 5.04. The predicted octanol–water partition coefficient (Wildman–Crippen LogP) is 7.42. The first-order valence-electron chi connectivity index (χ1n) is 10.8. The Bertz CT molecular complexity index is 1160. The molecule has 0 N–H and O–H groups in total. The van der Waals surface area contributed by atoms with E-state index in [1.165, 1.54) is 9.79 Å². The number of hydrogen-bond donors (Lipinski definition) is 0. The first kappa shape index (κ1) is 23.2. The summed E-state index contributed by atoms with van der Waals surface area (Å²) in [6, 6.07) is 28.8. The number of nitrogens with zero attached hydrogens (tertiary/aromatic N) is 1. The van der Waals surface area contributed by atoms with Crippen molar-refractivity contribution in [3.05, 3.63) is 107 Å². The monoisotopic (exact) mass is 467 g/mol. The Balaban J connectivity index is 1.80. The van der Waals surface area contributed by atoms with Gasteiger partial charge >= 0.3 is 0 Å². The largest absolute Gasteiger partial charge is 0.289 e. The van der Waals surface area contributed by atoms with E-state index in [0.29, 0.717) is 24.0 Å². The topological polar surface area (TPSA) is 40.9 Å². The average Bonchev–Trinajstić information content (AvgIpc) is 2.88. The average molecular weight is 468 g/mol. The summed E-state index contributed by atoms with van der Waals surface area (Å²) in [5.74, 6) is 0.0275. The van der Waals surface area contributed by atoms with E-state index in [-0.39, 0.29) is 5.78 Å². The molecular formula is C29H25NOS2. The lowest BCUT2D eigenvalue weighted by Gasteiger charge is -2.33. The van der Waals surface area contributed by atoms with Crippen molar-refractivity contribution in [1.82, 2.24) is 0 Å². The van der Waals surface area contributed by atoms with Crippen LogP contribution in [0, 0.1) is 11.3 Å². The van der Waals surface area contributed by atoms with E-state index in [0.717, 1.165) is 16.7 Å². The number of carbonyl (C=O) groups excluding carboxylic acids is 1. The lowest BCUT2D eigenvalue weighted by molar-refractivity contribution is -0.113. The normalized spacial score (nSPS) is 20.7. The zero-order valence-corrected chi connectivity index (χ0v) is 20.4. The summed E-state index contributed by atoms with van der Waals surface area (Å²) in [4.78, 5) is 15.9. The molecule has 0 aliphatic heterocycles. The van der Waals surface area contributed by atoms with E-state index in [4.69, 9.17) is 0 Å². The standard InChI is InChI=1S/C29H25NOS2/c1-32-26-12-8-21(9-13-26)16-23-18-29(20-30,25-6-4-3-5-7-25)19-24(28(23)31)17-22-10-14-27(33-2)15-11-22/h3-17H,18-19H2,1-2H3. The molecule has 164 valence electrons. The molecule has 3 aromatic carbocycles. The second kappa shape index (κ2) is 10.3. The van der Waals surface area contributed by atoms with Crippen LogP contribution in [0.2, 0.25) is 0 Å². The quantitative estimate of drug-likeness (QED) is 0.289. The molecule has 0 amide bonds. The molecule has 0 atom stereocenters. The second-order valence-corrected chi connectivity index (χ2v) is 9.89. The van der Waals surface area contributed by atoms with Crippen LogP contribution in [-0.4, -0.2) is 18.3 Å². The van der Waals surface area contributed by atoms with Gasteiger partial charge in [0.05, 0.1) is 11.5 Å². The molecule has 3 aromatic rings. The summed E-state index contributed by atoms with van der Waals surface area (Å²) >= 11 is 3.38. The first-order valence-corrected chi connectivity index (χ1v) is 13.2. The molecule has 0 spiro atoms.